The van der Waals surface area contributed by atoms with Crippen LogP contribution in [0, 0.1) is 0 Å². The van der Waals surface area contributed by atoms with Crippen molar-refractivity contribution in [2.24, 2.45) is 0 Å². The Hall–Kier alpha value is -2.62. The third-order valence-electron chi connectivity index (χ3n) is 3.43. The quantitative estimate of drug-likeness (QED) is 0.887. The summed E-state index contributed by atoms with van der Waals surface area (Å²) in [6.45, 7) is 3.97. The summed E-state index contributed by atoms with van der Waals surface area (Å²) in [6.07, 6.45) is 0.878. The fourth-order valence-corrected chi connectivity index (χ4v) is 1.91. The number of hydrogen-bond donors (Lipinski definition) is 2. The molecule has 0 saturated carbocycles. The average Bonchev–Trinajstić information content (AvgIpc) is 2.55. The Morgan fingerprint density at radius 3 is 2.00 bits per heavy atom. The molecule has 4 nitrogen and oxygen atoms in total. The van der Waals surface area contributed by atoms with Crippen molar-refractivity contribution in [2.45, 2.75) is 26.3 Å². The molecule has 0 fully saturated rings. The maximum absolute atomic E-state index is 12.1. The normalized spacial score (nSPS) is 11.5. The second-order valence-corrected chi connectivity index (χ2v) is 5.18. The van der Waals surface area contributed by atoms with Crippen LogP contribution in [0.2, 0.25) is 0 Å². The van der Waals surface area contributed by atoms with Crippen LogP contribution in [0.4, 0.5) is 5.69 Å². The molecule has 0 saturated heterocycles. The number of rotatable bonds is 5. The van der Waals surface area contributed by atoms with Crippen molar-refractivity contribution in [3.8, 4) is 0 Å². The first-order chi connectivity index (χ1) is 10.6. The molecule has 0 aliphatic rings. The minimum Gasteiger partial charge on any atom is -0.350 e. The van der Waals surface area contributed by atoms with Crippen LogP contribution in [0.15, 0.2) is 54.6 Å². The molecule has 0 heterocycles. The highest BCUT2D eigenvalue weighted by Gasteiger charge is 2.10. The number of benzene rings is 2. The minimum absolute atomic E-state index is 0.121. The topological polar surface area (TPSA) is 58.2 Å². The van der Waals surface area contributed by atoms with Crippen molar-refractivity contribution in [3.05, 3.63) is 65.7 Å². The molecule has 114 valence electrons. The van der Waals surface area contributed by atoms with E-state index in [0.29, 0.717) is 11.1 Å². The molecule has 22 heavy (non-hydrogen) atoms. The van der Waals surface area contributed by atoms with Crippen molar-refractivity contribution in [1.82, 2.24) is 5.32 Å². The molecule has 2 amide bonds. The number of carbonyl (C=O) groups is 2. The SMILES string of the molecule is CCC(C)NC(=O)c1ccc(C(=O)Nc2ccccc2)cc1. The Balaban J connectivity index is 2.02. The highest BCUT2D eigenvalue weighted by Crippen LogP contribution is 2.10. The number of anilines is 1. The first-order valence-corrected chi connectivity index (χ1v) is 7.37. The molecule has 0 aromatic heterocycles. The Morgan fingerprint density at radius 2 is 1.45 bits per heavy atom. The van der Waals surface area contributed by atoms with Crippen LogP contribution in [0.1, 0.15) is 41.0 Å². The number of nitrogens with one attached hydrogen (secondary N) is 2. The van der Waals surface area contributed by atoms with Gasteiger partial charge in [-0.25, -0.2) is 0 Å². The Labute approximate surface area is 130 Å². The first kappa shape index (κ1) is 15.8. The molecule has 2 aromatic carbocycles. The van der Waals surface area contributed by atoms with Gasteiger partial charge in [-0.1, -0.05) is 25.1 Å². The van der Waals surface area contributed by atoms with Gasteiger partial charge in [-0.3, -0.25) is 9.59 Å². The van der Waals surface area contributed by atoms with E-state index in [0.717, 1.165) is 12.1 Å². The lowest BCUT2D eigenvalue weighted by Crippen LogP contribution is -2.31. The molecule has 0 aliphatic carbocycles. The number of para-hydroxylation sites is 1. The van der Waals surface area contributed by atoms with Gasteiger partial charge in [0.25, 0.3) is 11.8 Å². The van der Waals surface area contributed by atoms with E-state index in [-0.39, 0.29) is 17.9 Å². The van der Waals surface area contributed by atoms with Crippen LogP contribution in [0.5, 0.6) is 0 Å². The van der Waals surface area contributed by atoms with Gasteiger partial charge in [0.05, 0.1) is 0 Å². The van der Waals surface area contributed by atoms with E-state index in [9.17, 15) is 9.59 Å². The molecular weight excluding hydrogens is 276 g/mol. The standard InChI is InChI=1S/C18H20N2O2/c1-3-13(2)19-17(21)14-9-11-15(12-10-14)18(22)20-16-7-5-4-6-8-16/h4-13H,3H2,1-2H3,(H,19,21)(H,20,22). The molecule has 0 aliphatic heterocycles. The third kappa shape index (κ3) is 4.19. The van der Waals surface area contributed by atoms with E-state index in [1.165, 1.54) is 0 Å². The van der Waals surface area contributed by atoms with E-state index in [4.69, 9.17) is 0 Å². The van der Waals surface area contributed by atoms with E-state index < -0.39 is 0 Å². The molecule has 1 unspecified atom stereocenters. The molecule has 2 aromatic rings. The van der Waals surface area contributed by atoms with Gasteiger partial charge in [-0.05, 0) is 49.7 Å². The second-order valence-electron chi connectivity index (χ2n) is 5.18. The largest absolute Gasteiger partial charge is 0.350 e. The first-order valence-electron chi connectivity index (χ1n) is 7.37. The molecule has 0 bridgehead atoms. The average molecular weight is 296 g/mol. The molecule has 1 atom stereocenters. The van der Waals surface area contributed by atoms with E-state index >= 15 is 0 Å². The second kappa shape index (κ2) is 7.41. The van der Waals surface area contributed by atoms with Crippen molar-refractivity contribution in [2.75, 3.05) is 5.32 Å². The molecule has 0 spiro atoms. The monoisotopic (exact) mass is 296 g/mol. The fourth-order valence-electron chi connectivity index (χ4n) is 1.91. The highest BCUT2D eigenvalue weighted by molar-refractivity contribution is 6.05. The van der Waals surface area contributed by atoms with Crippen LogP contribution < -0.4 is 10.6 Å². The van der Waals surface area contributed by atoms with Crippen LogP contribution in [-0.2, 0) is 0 Å². The Kier molecular flexibility index (Phi) is 5.31. The molecule has 4 heteroatoms. The zero-order valence-corrected chi connectivity index (χ0v) is 12.8. The maximum Gasteiger partial charge on any atom is 0.255 e. The summed E-state index contributed by atoms with van der Waals surface area (Å²) >= 11 is 0. The van der Waals surface area contributed by atoms with Gasteiger partial charge in [-0.15, -0.1) is 0 Å². The molecule has 2 N–H and O–H groups in total. The molecule has 2 rings (SSSR count). The number of carbonyl (C=O) groups excluding carboxylic acids is 2. The highest BCUT2D eigenvalue weighted by atomic mass is 16.2. The van der Waals surface area contributed by atoms with Crippen molar-refractivity contribution < 1.29 is 9.59 Å². The smallest absolute Gasteiger partial charge is 0.255 e. The summed E-state index contributed by atoms with van der Waals surface area (Å²) in [5.74, 6) is -0.315. The summed E-state index contributed by atoms with van der Waals surface area (Å²) in [5.41, 5.74) is 1.81. The number of amides is 2. The fraction of sp³-hybridized carbons (Fsp3) is 0.222. The Morgan fingerprint density at radius 1 is 0.909 bits per heavy atom. The summed E-state index contributed by atoms with van der Waals surface area (Å²) in [7, 11) is 0. The summed E-state index contributed by atoms with van der Waals surface area (Å²) in [6, 6.07) is 16.0. The summed E-state index contributed by atoms with van der Waals surface area (Å²) < 4.78 is 0. The van der Waals surface area contributed by atoms with Crippen LogP contribution in [-0.4, -0.2) is 17.9 Å². The summed E-state index contributed by atoms with van der Waals surface area (Å²) in [5, 5.41) is 5.70. The van der Waals surface area contributed by atoms with E-state index in [1.54, 1.807) is 24.3 Å². The van der Waals surface area contributed by atoms with E-state index in [2.05, 4.69) is 10.6 Å². The Bertz CT molecular complexity index is 636. The van der Waals surface area contributed by atoms with Gasteiger partial charge in [0.1, 0.15) is 0 Å². The zero-order valence-electron chi connectivity index (χ0n) is 12.8. The lowest BCUT2D eigenvalue weighted by Gasteiger charge is -2.11. The van der Waals surface area contributed by atoms with Crippen LogP contribution in [0.25, 0.3) is 0 Å². The van der Waals surface area contributed by atoms with Crippen LogP contribution >= 0.6 is 0 Å². The van der Waals surface area contributed by atoms with Crippen molar-refractivity contribution in [3.63, 3.8) is 0 Å². The molecule has 0 radical (unpaired) electrons. The van der Waals surface area contributed by atoms with E-state index in [1.807, 2.05) is 44.2 Å². The van der Waals surface area contributed by atoms with Crippen molar-refractivity contribution >= 4 is 17.5 Å². The van der Waals surface area contributed by atoms with Gasteiger partial charge in [0, 0.05) is 22.9 Å². The molecular formula is C18H20N2O2. The van der Waals surface area contributed by atoms with Crippen molar-refractivity contribution in [1.29, 1.82) is 0 Å². The minimum atomic E-state index is -0.194. The predicted molar refractivity (Wildman–Crippen MR) is 88.1 cm³/mol. The van der Waals surface area contributed by atoms with Gasteiger partial charge >= 0.3 is 0 Å². The lowest BCUT2D eigenvalue weighted by atomic mass is 10.1. The zero-order chi connectivity index (χ0) is 15.9. The van der Waals surface area contributed by atoms with Crippen LogP contribution in [0.3, 0.4) is 0 Å². The van der Waals surface area contributed by atoms with Gasteiger partial charge < -0.3 is 10.6 Å². The van der Waals surface area contributed by atoms with Gasteiger partial charge in [0.15, 0.2) is 0 Å². The van der Waals surface area contributed by atoms with Gasteiger partial charge in [0.2, 0.25) is 0 Å². The maximum atomic E-state index is 12.1. The lowest BCUT2D eigenvalue weighted by molar-refractivity contribution is 0.0937. The third-order valence-corrected chi connectivity index (χ3v) is 3.43. The predicted octanol–water partition coefficient (Wildman–Crippen LogP) is 3.47. The number of hydrogen-bond acceptors (Lipinski definition) is 2. The van der Waals surface area contributed by atoms with Gasteiger partial charge in [-0.2, -0.15) is 0 Å². The summed E-state index contributed by atoms with van der Waals surface area (Å²) in [4.78, 5) is 24.1.